The average molecular weight is 625 g/mol. The van der Waals surface area contributed by atoms with Crippen LogP contribution in [0.4, 0.5) is 0 Å². The predicted octanol–water partition coefficient (Wildman–Crippen LogP) is 12.6. The Morgan fingerprint density at radius 3 is 1.96 bits per heavy atom. The molecule has 0 aliphatic carbocycles. The van der Waals surface area contributed by atoms with Gasteiger partial charge in [-0.2, -0.15) is 0 Å². The number of furan rings is 1. The molecule has 49 heavy (non-hydrogen) atoms. The van der Waals surface area contributed by atoms with Crippen LogP contribution in [0.25, 0.3) is 98.8 Å². The van der Waals surface area contributed by atoms with Gasteiger partial charge in [-0.1, -0.05) is 109 Å². The Hall–Kier alpha value is -6.58. The topological polar surface area (TPSA) is 23.0 Å². The smallest absolute Gasteiger partial charge is 0.145 e. The van der Waals surface area contributed by atoms with Crippen LogP contribution in [0.1, 0.15) is 0 Å². The van der Waals surface area contributed by atoms with Gasteiger partial charge in [-0.3, -0.25) is 0 Å². The van der Waals surface area contributed by atoms with Gasteiger partial charge in [0.1, 0.15) is 11.2 Å². The van der Waals surface area contributed by atoms with E-state index in [4.69, 9.17) is 4.42 Å². The highest BCUT2D eigenvalue weighted by atomic mass is 16.3. The van der Waals surface area contributed by atoms with Crippen molar-refractivity contribution >= 4 is 76.3 Å². The van der Waals surface area contributed by atoms with Crippen molar-refractivity contribution in [3.05, 3.63) is 170 Å². The number of hydrogen-bond acceptors (Lipinski definition) is 1. The van der Waals surface area contributed by atoms with Crippen molar-refractivity contribution in [2.24, 2.45) is 0 Å². The van der Waals surface area contributed by atoms with Crippen LogP contribution in [-0.4, -0.2) is 9.13 Å². The SMILES string of the molecule is c1ccc(-c2cccc(-n3c4ccccc4c4c3ccc3c5c6oc7ccccc7c6ccc5n(-c5ccc6ccccc6c5)c34)c2)cc1. The zero-order valence-corrected chi connectivity index (χ0v) is 26.5. The van der Waals surface area contributed by atoms with Crippen LogP contribution < -0.4 is 0 Å². The molecule has 228 valence electrons. The monoisotopic (exact) mass is 624 g/mol. The third kappa shape index (κ3) is 3.73. The fraction of sp³-hybridized carbons (Fsp3) is 0. The molecular formula is C46H28N2O. The number of hydrogen-bond donors (Lipinski definition) is 0. The molecule has 0 aliphatic heterocycles. The van der Waals surface area contributed by atoms with Crippen molar-refractivity contribution in [2.75, 3.05) is 0 Å². The number of nitrogens with zero attached hydrogens (tertiary/aromatic N) is 2. The first-order chi connectivity index (χ1) is 24.3. The summed E-state index contributed by atoms with van der Waals surface area (Å²) in [7, 11) is 0. The molecule has 3 heterocycles. The van der Waals surface area contributed by atoms with Crippen molar-refractivity contribution in [3.63, 3.8) is 0 Å². The van der Waals surface area contributed by atoms with Crippen LogP contribution in [0.3, 0.4) is 0 Å². The zero-order valence-electron chi connectivity index (χ0n) is 26.5. The van der Waals surface area contributed by atoms with Gasteiger partial charge in [-0.15, -0.1) is 0 Å². The molecule has 0 saturated heterocycles. The first-order valence-corrected chi connectivity index (χ1v) is 16.8. The summed E-state index contributed by atoms with van der Waals surface area (Å²) in [6, 6.07) is 61.2. The highest BCUT2D eigenvalue weighted by molar-refractivity contribution is 6.31. The molecule has 0 radical (unpaired) electrons. The number of fused-ring (bicyclic) bond motifs is 12. The quantitative estimate of drug-likeness (QED) is 0.192. The van der Waals surface area contributed by atoms with E-state index < -0.39 is 0 Å². The first-order valence-electron chi connectivity index (χ1n) is 16.8. The molecule has 0 amide bonds. The molecule has 11 aromatic rings. The van der Waals surface area contributed by atoms with Crippen LogP contribution >= 0.6 is 0 Å². The highest BCUT2D eigenvalue weighted by Crippen LogP contribution is 2.45. The van der Waals surface area contributed by atoms with Crippen molar-refractivity contribution in [3.8, 4) is 22.5 Å². The highest BCUT2D eigenvalue weighted by Gasteiger charge is 2.24. The second kappa shape index (κ2) is 9.96. The van der Waals surface area contributed by atoms with Crippen LogP contribution in [0, 0.1) is 0 Å². The van der Waals surface area contributed by atoms with Gasteiger partial charge in [-0.05, 0) is 82.6 Å². The molecule has 8 aromatic carbocycles. The minimum absolute atomic E-state index is 0.910. The minimum Gasteiger partial charge on any atom is -0.455 e. The molecule has 0 bridgehead atoms. The summed E-state index contributed by atoms with van der Waals surface area (Å²) in [4.78, 5) is 0. The van der Waals surface area contributed by atoms with Crippen LogP contribution in [0.5, 0.6) is 0 Å². The Balaban J connectivity index is 1.32. The Labute approximate surface area is 281 Å². The standard InChI is InChI=1S/C46H28N2O/c1-2-11-29(12-3-1)32-15-10-16-33(27-32)47-39-19-8-6-18-37(39)43-40(47)26-24-38-44-41(25-23-36-35-17-7-9-20-42(35)49-46(36)44)48(45(38)43)34-22-21-30-13-4-5-14-31(30)28-34/h1-28H. The van der Waals surface area contributed by atoms with Gasteiger partial charge in [0, 0.05) is 38.3 Å². The van der Waals surface area contributed by atoms with Crippen molar-refractivity contribution < 1.29 is 4.42 Å². The van der Waals surface area contributed by atoms with Crippen molar-refractivity contribution in [2.45, 2.75) is 0 Å². The Morgan fingerprint density at radius 2 is 1.06 bits per heavy atom. The maximum Gasteiger partial charge on any atom is 0.145 e. The molecule has 3 heteroatoms. The lowest BCUT2D eigenvalue weighted by Gasteiger charge is -2.12. The second-order valence-electron chi connectivity index (χ2n) is 12.9. The second-order valence-corrected chi connectivity index (χ2v) is 12.9. The molecule has 0 spiro atoms. The van der Waals surface area contributed by atoms with E-state index in [9.17, 15) is 0 Å². The summed E-state index contributed by atoms with van der Waals surface area (Å²) in [5.41, 5.74) is 11.2. The van der Waals surface area contributed by atoms with E-state index in [0.29, 0.717) is 0 Å². The van der Waals surface area contributed by atoms with Crippen LogP contribution in [0.15, 0.2) is 174 Å². The van der Waals surface area contributed by atoms with E-state index >= 15 is 0 Å². The third-order valence-electron chi connectivity index (χ3n) is 10.3. The summed E-state index contributed by atoms with van der Waals surface area (Å²) in [5, 5.41) is 9.50. The summed E-state index contributed by atoms with van der Waals surface area (Å²) in [5.74, 6) is 0. The number of benzene rings is 8. The van der Waals surface area contributed by atoms with E-state index in [1.54, 1.807) is 0 Å². The van der Waals surface area contributed by atoms with Gasteiger partial charge in [0.15, 0.2) is 0 Å². The first kappa shape index (κ1) is 26.5. The van der Waals surface area contributed by atoms with Crippen molar-refractivity contribution in [1.82, 2.24) is 9.13 Å². The molecular weight excluding hydrogens is 597 g/mol. The van der Waals surface area contributed by atoms with E-state index in [1.165, 1.54) is 54.6 Å². The average Bonchev–Trinajstić information content (AvgIpc) is 3.82. The van der Waals surface area contributed by atoms with Gasteiger partial charge >= 0.3 is 0 Å². The molecule has 0 aliphatic rings. The fourth-order valence-electron chi connectivity index (χ4n) is 8.14. The Bertz CT molecular complexity index is 3100. The molecule has 0 unspecified atom stereocenters. The lowest BCUT2D eigenvalue weighted by Crippen LogP contribution is -1.96. The van der Waals surface area contributed by atoms with Gasteiger partial charge in [-0.25, -0.2) is 0 Å². The van der Waals surface area contributed by atoms with Gasteiger partial charge in [0.25, 0.3) is 0 Å². The maximum atomic E-state index is 6.70. The molecule has 0 N–H and O–H groups in total. The number of aromatic nitrogens is 2. The van der Waals surface area contributed by atoms with E-state index in [-0.39, 0.29) is 0 Å². The largest absolute Gasteiger partial charge is 0.455 e. The molecule has 3 aromatic heterocycles. The van der Waals surface area contributed by atoms with E-state index in [1.807, 2.05) is 6.07 Å². The summed E-state index contributed by atoms with van der Waals surface area (Å²) < 4.78 is 11.6. The molecule has 0 atom stereocenters. The van der Waals surface area contributed by atoms with Crippen LogP contribution in [-0.2, 0) is 0 Å². The van der Waals surface area contributed by atoms with Crippen molar-refractivity contribution in [1.29, 1.82) is 0 Å². The minimum atomic E-state index is 0.910. The molecule has 11 rings (SSSR count). The molecule has 3 nitrogen and oxygen atoms in total. The fourth-order valence-corrected chi connectivity index (χ4v) is 8.14. The molecule has 0 fully saturated rings. The summed E-state index contributed by atoms with van der Waals surface area (Å²) in [6.45, 7) is 0. The summed E-state index contributed by atoms with van der Waals surface area (Å²) in [6.07, 6.45) is 0. The van der Waals surface area contributed by atoms with Gasteiger partial charge < -0.3 is 13.6 Å². The zero-order chi connectivity index (χ0) is 32.1. The third-order valence-corrected chi connectivity index (χ3v) is 10.3. The number of rotatable bonds is 3. The molecule has 0 saturated carbocycles. The van der Waals surface area contributed by atoms with Crippen LogP contribution in [0.2, 0.25) is 0 Å². The number of para-hydroxylation sites is 2. The van der Waals surface area contributed by atoms with Gasteiger partial charge in [0.05, 0.1) is 27.5 Å². The Morgan fingerprint density at radius 1 is 0.367 bits per heavy atom. The predicted molar refractivity (Wildman–Crippen MR) is 205 cm³/mol. The lowest BCUT2D eigenvalue weighted by atomic mass is 10.0. The normalized spacial score (nSPS) is 12.1. The van der Waals surface area contributed by atoms with Gasteiger partial charge in [0.2, 0.25) is 0 Å². The summed E-state index contributed by atoms with van der Waals surface area (Å²) >= 11 is 0. The Kier molecular flexibility index (Phi) is 5.38. The maximum absolute atomic E-state index is 6.70. The van der Waals surface area contributed by atoms with E-state index in [0.717, 1.165) is 44.2 Å². The lowest BCUT2D eigenvalue weighted by molar-refractivity contribution is 0.673. The van der Waals surface area contributed by atoms with E-state index in [2.05, 4.69) is 173 Å².